The van der Waals surface area contributed by atoms with E-state index in [-0.39, 0.29) is 11.5 Å². The Balaban J connectivity index is 1.04. The lowest BCUT2D eigenvalue weighted by molar-refractivity contribution is 0.322. The van der Waals surface area contributed by atoms with E-state index in [1.807, 2.05) is 55.7 Å². The Morgan fingerprint density at radius 2 is 1.70 bits per heavy atom. The number of anilines is 1. The molecule has 1 aliphatic heterocycles. The zero-order valence-corrected chi connectivity index (χ0v) is 23.2. The molecule has 8 nitrogen and oxygen atoms in total. The Kier molecular flexibility index (Phi) is 7.32. The molecular weight excluding hydrogens is 522 g/mol. The number of nitrogens with zero attached hydrogens (tertiary/aromatic N) is 5. The van der Waals surface area contributed by atoms with Crippen molar-refractivity contribution in [3.8, 4) is 11.3 Å². The molecule has 6 rings (SSSR count). The normalized spacial score (nSPS) is 14.6. The third-order valence-electron chi connectivity index (χ3n) is 7.40. The summed E-state index contributed by atoms with van der Waals surface area (Å²) in [5.41, 5.74) is 6.76. The third kappa shape index (κ3) is 5.76. The highest BCUT2D eigenvalue weighted by molar-refractivity contribution is 7.86. The van der Waals surface area contributed by atoms with E-state index in [2.05, 4.69) is 38.0 Å². The summed E-state index contributed by atoms with van der Waals surface area (Å²) in [6, 6.07) is 23.2. The fraction of sp³-hybridized carbons (Fsp3) is 0.258. The van der Waals surface area contributed by atoms with Crippen LogP contribution in [0.1, 0.15) is 30.0 Å². The molecule has 3 heterocycles. The summed E-state index contributed by atoms with van der Waals surface area (Å²) in [4.78, 5) is 11.8. The molecule has 5 aromatic rings. The molecule has 0 spiro atoms. The van der Waals surface area contributed by atoms with Crippen LogP contribution in [0.15, 0.2) is 96.3 Å². The van der Waals surface area contributed by atoms with Crippen molar-refractivity contribution in [1.82, 2.24) is 19.7 Å². The van der Waals surface area contributed by atoms with Crippen LogP contribution >= 0.6 is 0 Å². The highest BCUT2D eigenvalue weighted by Crippen LogP contribution is 2.28. The predicted octanol–water partition coefficient (Wildman–Crippen LogP) is 5.59. The average Bonchev–Trinajstić information content (AvgIpc) is 3.48. The highest BCUT2D eigenvalue weighted by atomic mass is 32.2. The number of hydrogen-bond acceptors (Lipinski definition) is 7. The van der Waals surface area contributed by atoms with E-state index in [0.717, 1.165) is 65.0 Å². The molecule has 204 valence electrons. The van der Waals surface area contributed by atoms with Gasteiger partial charge in [0.2, 0.25) is 0 Å². The smallest absolute Gasteiger partial charge is 0.296 e. The van der Waals surface area contributed by atoms with Gasteiger partial charge in [0.15, 0.2) is 0 Å². The monoisotopic (exact) mass is 553 g/mol. The lowest BCUT2D eigenvalue weighted by atomic mass is 10.0. The van der Waals surface area contributed by atoms with Crippen molar-refractivity contribution in [3.63, 3.8) is 0 Å². The van der Waals surface area contributed by atoms with Crippen LogP contribution in [0.5, 0.6) is 0 Å². The summed E-state index contributed by atoms with van der Waals surface area (Å²) in [5, 5.41) is 4.66. The quantitative estimate of drug-likeness (QED) is 0.231. The second-order valence-electron chi connectivity index (χ2n) is 10.2. The lowest BCUT2D eigenvalue weighted by Crippen LogP contribution is -2.34. The fourth-order valence-corrected chi connectivity index (χ4v) is 6.01. The maximum Gasteiger partial charge on any atom is 0.296 e. The van der Waals surface area contributed by atoms with Crippen LogP contribution in [0.4, 0.5) is 5.69 Å². The van der Waals surface area contributed by atoms with Crippen molar-refractivity contribution >= 4 is 26.8 Å². The van der Waals surface area contributed by atoms with Crippen molar-refractivity contribution in [2.24, 2.45) is 0 Å². The van der Waals surface area contributed by atoms with Crippen molar-refractivity contribution < 1.29 is 12.6 Å². The molecule has 1 aliphatic rings. The van der Waals surface area contributed by atoms with Gasteiger partial charge in [0.1, 0.15) is 0 Å². The van der Waals surface area contributed by atoms with Gasteiger partial charge in [-0.15, -0.1) is 0 Å². The van der Waals surface area contributed by atoms with Gasteiger partial charge in [0.25, 0.3) is 10.1 Å². The van der Waals surface area contributed by atoms with Gasteiger partial charge in [0.05, 0.1) is 46.7 Å². The fourth-order valence-electron chi connectivity index (χ4n) is 5.11. The molecule has 0 saturated carbocycles. The molecule has 3 aromatic carbocycles. The van der Waals surface area contributed by atoms with E-state index in [9.17, 15) is 8.42 Å². The molecule has 0 N–H and O–H groups in total. The topological polar surface area (TPSA) is 90.2 Å². The Labute approximate surface area is 234 Å². The van der Waals surface area contributed by atoms with Crippen molar-refractivity contribution in [3.05, 3.63) is 103 Å². The Bertz CT molecular complexity index is 1730. The van der Waals surface area contributed by atoms with Crippen molar-refractivity contribution in [2.75, 3.05) is 24.6 Å². The lowest BCUT2D eigenvalue weighted by Gasteiger charge is -2.34. The number of hydrogen-bond donors (Lipinski definition) is 0. The summed E-state index contributed by atoms with van der Waals surface area (Å²) in [6.45, 7) is 3.85. The van der Waals surface area contributed by atoms with E-state index < -0.39 is 10.1 Å². The predicted molar refractivity (Wildman–Crippen MR) is 156 cm³/mol. The second-order valence-corrected chi connectivity index (χ2v) is 11.8. The average molecular weight is 554 g/mol. The number of piperidine rings is 1. The number of benzene rings is 3. The standard InChI is InChI=1S/C31H31N5O3S/c1-23-9-11-28(12-10-23)40(37,38)39-18-15-24-5-4-6-27(19-24)35-16-13-26(14-17-35)36-22-25(20-33-36)31-21-32-29-7-2-3-8-30(29)34-31/h2-12,19-22,26H,13-18H2,1H3. The van der Waals surface area contributed by atoms with Crippen LogP contribution in [0, 0.1) is 6.92 Å². The van der Waals surface area contributed by atoms with Gasteiger partial charge in [-0.3, -0.25) is 13.8 Å². The maximum atomic E-state index is 12.5. The van der Waals surface area contributed by atoms with Crippen molar-refractivity contribution in [1.29, 1.82) is 0 Å². The van der Waals surface area contributed by atoms with Gasteiger partial charge >= 0.3 is 0 Å². The molecule has 0 aliphatic carbocycles. The maximum absolute atomic E-state index is 12.5. The first-order chi connectivity index (χ1) is 19.4. The van der Waals surface area contributed by atoms with Gasteiger partial charge in [-0.1, -0.05) is 42.0 Å². The number of fused-ring (bicyclic) bond motifs is 1. The molecule has 2 aromatic heterocycles. The van der Waals surface area contributed by atoms with Crippen LogP contribution in [0.25, 0.3) is 22.3 Å². The van der Waals surface area contributed by atoms with Crippen LogP contribution in [-0.2, 0) is 20.7 Å². The van der Waals surface area contributed by atoms with Crippen LogP contribution in [-0.4, -0.2) is 47.9 Å². The molecule has 0 bridgehead atoms. The van der Waals surface area contributed by atoms with Crippen LogP contribution < -0.4 is 4.90 Å². The highest BCUT2D eigenvalue weighted by Gasteiger charge is 2.22. The Morgan fingerprint density at radius 3 is 2.50 bits per heavy atom. The number of aryl methyl sites for hydroxylation is 1. The largest absolute Gasteiger partial charge is 0.371 e. The zero-order valence-electron chi connectivity index (χ0n) is 22.3. The van der Waals surface area contributed by atoms with Crippen molar-refractivity contribution in [2.45, 2.75) is 37.1 Å². The van der Waals surface area contributed by atoms with Crippen LogP contribution in [0.2, 0.25) is 0 Å². The van der Waals surface area contributed by atoms with E-state index in [4.69, 9.17) is 9.17 Å². The van der Waals surface area contributed by atoms with Gasteiger partial charge in [0, 0.05) is 30.5 Å². The first-order valence-corrected chi connectivity index (χ1v) is 14.9. The van der Waals surface area contributed by atoms with E-state index in [1.54, 1.807) is 24.3 Å². The van der Waals surface area contributed by atoms with Crippen LogP contribution in [0.3, 0.4) is 0 Å². The molecule has 0 radical (unpaired) electrons. The first kappa shape index (κ1) is 26.2. The molecule has 9 heteroatoms. The second kappa shape index (κ2) is 11.2. The summed E-state index contributed by atoms with van der Waals surface area (Å²) in [6.07, 6.45) is 8.23. The van der Waals surface area contributed by atoms with E-state index >= 15 is 0 Å². The van der Waals surface area contributed by atoms with Gasteiger partial charge in [-0.2, -0.15) is 13.5 Å². The van der Waals surface area contributed by atoms with Gasteiger partial charge in [-0.25, -0.2) is 4.98 Å². The molecule has 40 heavy (non-hydrogen) atoms. The number of rotatable bonds is 8. The third-order valence-corrected chi connectivity index (χ3v) is 8.73. The Hall–Kier alpha value is -4.08. The molecule has 0 atom stereocenters. The minimum Gasteiger partial charge on any atom is -0.371 e. The number of para-hydroxylation sites is 2. The molecular formula is C31H31N5O3S. The minimum atomic E-state index is -3.76. The number of aromatic nitrogens is 4. The summed E-state index contributed by atoms with van der Waals surface area (Å²) >= 11 is 0. The van der Waals surface area contributed by atoms with E-state index in [1.165, 1.54) is 0 Å². The summed E-state index contributed by atoms with van der Waals surface area (Å²) in [7, 11) is -3.76. The molecule has 1 fully saturated rings. The Morgan fingerprint density at radius 1 is 0.925 bits per heavy atom. The SMILES string of the molecule is Cc1ccc(S(=O)(=O)OCCc2cccc(N3CCC(n4cc(-c5cnc6ccccc6n5)cn4)CC3)c2)cc1. The summed E-state index contributed by atoms with van der Waals surface area (Å²) in [5.74, 6) is 0. The molecule has 0 amide bonds. The first-order valence-electron chi connectivity index (χ1n) is 13.5. The summed E-state index contributed by atoms with van der Waals surface area (Å²) < 4.78 is 32.3. The van der Waals surface area contributed by atoms with Gasteiger partial charge < -0.3 is 4.90 Å². The minimum absolute atomic E-state index is 0.102. The van der Waals surface area contributed by atoms with Gasteiger partial charge in [-0.05, 0) is 68.1 Å². The molecule has 1 saturated heterocycles. The molecule has 0 unspecified atom stereocenters. The zero-order chi connectivity index (χ0) is 27.5. The van der Waals surface area contributed by atoms with E-state index in [0.29, 0.717) is 12.5 Å².